The monoisotopic (exact) mass is 203 g/mol. The Labute approximate surface area is 82.7 Å². The first-order valence-corrected chi connectivity index (χ1v) is 5.53. The number of rotatable bonds is 5. The lowest BCUT2D eigenvalue weighted by Gasteiger charge is -2.04. The van der Waals surface area contributed by atoms with Crippen LogP contribution in [-0.2, 0) is 6.42 Å². The molecule has 0 saturated carbocycles. The predicted molar refractivity (Wildman–Crippen MR) is 56.2 cm³/mol. The van der Waals surface area contributed by atoms with Crippen molar-refractivity contribution >= 4 is 22.9 Å². The molecular formula is C9H14ClNS. The van der Waals surface area contributed by atoms with E-state index in [1.165, 1.54) is 5.56 Å². The fraction of sp³-hybridized carbons (Fsp3) is 0.556. The zero-order valence-corrected chi connectivity index (χ0v) is 8.79. The minimum absolute atomic E-state index is 0.229. The molecule has 0 aliphatic carbocycles. The Hall–Kier alpha value is -0.0500. The highest BCUT2D eigenvalue weighted by atomic mass is 35.5. The van der Waals surface area contributed by atoms with E-state index < -0.39 is 0 Å². The smallest absolute Gasteiger partial charge is 0.0432 e. The zero-order chi connectivity index (χ0) is 8.81. The summed E-state index contributed by atoms with van der Waals surface area (Å²) in [5, 5.41) is 7.82. The first-order chi connectivity index (χ1) is 5.79. The minimum atomic E-state index is 0.229. The van der Waals surface area contributed by atoms with Gasteiger partial charge in [0.05, 0.1) is 0 Å². The number of thiophene rings is 1. The molecule has 1 N–H and O–H groups in total. The Morgan fingerprint density at radius 3 is 3.08 bits per heavy atom. The second-order valence-electron chi connectivity index (χ2n) is 2.87. The van der Waals surface area contributed by atoms with Crippen LogP contribution in [0.15, 0.2) is 16.8 Å². The zero-order valence-electron chi connectivity index (χ0n) is 7.22. The second-order valence-corrected chi connectivity index (χ2v) is 4.39. The highest BCUT2D eigenvalue weighted by Crippen LogP contribution is 2.05. The van der Waals surface area contributed by atoms with Crippen molar-refractivity contribution in [1.29, 1.82) is 0 Å². The molecule has 0 spiro atoms. The molecule has 0 aromatic carbocycles. The topological polar surface area (TPSA) is 12.0 Å². The van der Waals surface area contributed by atoms with Gasteiger partial charge in [0, 0.05) is 11.9 Å². The van der Waals surface area contributed by atoms with Crippen LogP contribution in [0.3, 0.4) is 0 Å². The van der Waals surface area contributed by atoms with Gasteiger partial charge >= 0.3 is 0 Å². The van der Waals surface area contributed by atoms with Gasteiger partial charge in [0.2, 0.25) is 0 Å². The van der Waals surface area contributed by atoms with Crippen molar-refractivity contribution in [3.63, 3.8) is 0 Å². The van der Waals surface area contributed by atoms with Crippen LogP contribution in [0.4, 0.5) is 0 Å². The summed E-state index contributed by atoms with van der Waals surface area (Å²) >= 11 is 7.53. The number of alkyl halides is 1. The fourth-order valence-corrected chi connectivity index (χ4v) is 1.78. The maximum Gasteiger partial charge on any atom is 0.0432 e. The molecule has 0 saturated heterocycles. The van der Waals surface area contributed by atoms with Crippen LogP contribution in [0.2, 0.25) is 0 Å². The van der Waals surface area contributed by atoms with E-state index in [4.69, 9.17) is 11.6 Å². The van der Waals surface area contributed by atoms with Crippen molar-refractivity contribution in [1.82, 2.24) is 5.32 Å². The van der Waals surface area contributed by atoms with E-state index in [1.54, 1.807) is 11.3 Å². The lowest BCUT2D eigenvalue weighted by atomic mass is 10.2. The van der Waals surface area contributed by atoms with Crippen LogP contribution in [0.5, 0.6) is 0 Å². The summed E-state index contributed by atoms with van der Waals surface area (Å²) in [4.78, 5) is 0. The Kier molecular flexibility index (Phi) is 4.66. The Morgan fingerprint density at radius 1 is 1.67 bits per heavy atom. The van der Waals surface area contributed by atoms with Gasteiger partial charge in [-0.05, 0) is 42.3 Å². The number of halogens is 1. The van der Waals surface area contributed by atoms with Crippen LogP contribution in [0.1, 0.15) is 12.5 Å². The molecular weight excluding hydrogens is 190 g/mol. The summed E-state index contributed by atoms with van der Waals surface area (Å²) in [6, 6.07) is 2.16. The van der Waals surface area contributed by atoms with Gasteiger partial charge in [0.15, 0.2) is 0 Å². The van der Waals surface area contributed by atoms with E-state index in [0.717, 1.165) is 19.5 Å². The van der Waals surface area contributed by atoms with Crippen molar-refractivity contribution in [3.8, 4) is 0 Å². The van der Waals surface area contributed by atoms with Gasteiger partial charge in [0.1, 0.15) is 0 Å². The molecule has 0 aliphatic heterocycles. The molecule has 0 aliphatic rings. The van der Waals surface area contributed by atoms with Gasteiger partial charge < -0.3 is 5.32 Å². The molecule has 1 nitrogen and oxygen atoms in total. The maximum atomic E-state index is 5.78. The molecule has 1 rings (SSSR count). The number of nitrogens with one attached hydrogen (secondary N) is 1. The lowest BCUT2D eigenvalue weighted by Crippen LogP contribution is -2.23. The summed E-state index contributed by atoms with van der Waals surface area (Å²) in [7, 11) is 0. The minimum Gasteiger partial charge on any atom is -0.315 e. The Bertz CT molecular complexity index is 196. The molecule has 3 heteroatoms. The predicted octanol–water partition coefficient (Wildman–Crippen LogP) is 2.51. The fourth-order valence-electron chi connectivity index (χ4n) is 0.969. The third kappa shape index (κ3) is 4.10. The highest BCUT2D eigenvalue weighted by Gasteiger charge is 1.95. The van der Waals surface area contributed by atoms with Gasteiger partial charge in [-0.2, -0.15) is 11.3 Å². The first kappa shape index (κ1) is 10.0. The van der Waals surface area contributed by atoms with Gasteiger partial charge in [-0.15, -0.1) is 11.6 Å². The van der Waals surface area contributed by atoms with Crippen molar-refractivity contribution in [2.75, 3.05) is 13.1 Å². The molecule has 1 unspecified atom stereocenters. The normalized spacial score (nSPS) is 13.2. The maximum absolute atomic E-state index is 5.78. The quantitative estimate of drug-likeness (QED) is 0.573. The molecule has 0 bridgehead atoms. The van der Waals surface area contributed by atoms with Crippen LogP contribution in [-0.4, -0.2) is 18.5 Å². The van der Waals surface area contributed by atoms with Gasteiger partial charge in [-0.25, -0.2) is 0 Å². The summed E-state index contributed by atoms with van der Waals surface area (Å²) in [5.74, 6) is 0. The van der Waals surface area contributed by atoms with Gasteiger partial charge in [-0.1, -0.05) is 0 Å². The second kappa shape index (κ2) is 5.57. The van der Waals surface area contributed by atoms with E-state index in [1.807, 2.05) is 6.92 Å². The largest absolute Gasteiger partial charge is 0.315 e. The van der Waals surface area contributed by atoms with Gasteiger partial charge in [-0.3, -0.25) is 0 Å². The van der Waals surface area contributed by atoms with E-state index >= 15 is 0 Å². The van der Waals surface area contributed by atoms with Crippen molar-refractivity contribution < 1.29 is 0 Å². The summed E-state index contributed by atoms with van der Waals surface area (Å²) in [6.45, 7) is 3.92. The van der Waals surface area contributed by atoms with E-state index in [2.05, 4.69) is 22.1 Å². The SMILES string of the molecule is CC(Cl)CNCCc1ccsc1. The summed E-state index contributed by atoms with van der Waals surface area (Å²) in [6.07, 6.45) is 1.10. The van der Waals surface area contributed by atoms with Crippen LogP contribution < -0.4 is 5.32 Å². The van der Waals surface area contributed by atoms with E-state index in [0.29, 0.717) is 0 Å². The molecule has 1 aromatic heterocycles. The highest BCUT2D eigenvalue weighted by molar-refractivity contribution is 7.07. The standard InChI is InChI=1S/C9H14ClNS/c1-8(10)6-11-4-2-9-3-5-12-7-9/h3,5,7-8,11H,2,4,6H2,1H3. The third-order valence-corrected chi connectivity index (χ3v) is 2.48. The molecule has 0 amide bonds. The third-order valence-electron chi connectivity index (χ3n) is 1.60. The molecule has 68 valence electrons. The van der Waals surface area contributed by atoms with Crippen molar-refractivity contribution in [2.24, 2.45) is 0 Å². The van der Waals surface area contributed by atoms with Gasteiger partial charge in [0.25, 0.3) is 0 Å². The molecule has 0 radical (unpaired) electrons. The van der Waals surface area contributed by atoms with Crippen molar-refractivity contribution in [2.45, 2.75) is 18.7 Å². The molecule has 1 aromatic rings. The summed E-state index contributed by atoms with van der Waals surface area (Å²) < 4.78 is 0. The first-order valence-electron chi connectivity index (χ1n) is 4.15. The number of hydrogen-bond donors (Lipinski definition) is 1. The Morgan fingerprint density at radius 2 is 2.50 bits per heavy atom. The molecule has 0 fully saturated rings. The molecule has 1 heterocycles. The molecule has 12 heavy (non-hydrogen) atoms. The summed E-state index contributed by atoms with van der Waals surface area (Å²) in [5.41, 5.74) is 1.41. The van der Waals surface area contributed by atoms with Crippen LogP contribution in [0.25, 0.3) is 0 Å². The van der Waals surface area contributed by atoms with E-state index in [9.17, 15) is 0 Å². The molecule has 1 atom stereocenters. The van der Waals surface area contributed by atoms with Crippen LogP contribution >= 0.6 is 22.9 Å². The van der Waals surface area contributed by atoms with E-state index in [-0.39, 0.29) is 5.38 Å². The van der Waals surface area contributed by atoms with Crippen molar-refractivity contribution in [3.05, 3.63) is 22.4 Å². The average molecular weight is 204 g/mol. The lowest BCUT2D eigenvalue weighted by molar-refractivity contribution is 0.676. The van der Waals surface area contributed by atoms with Crippen LogP contribution in [0, 0.1) is 0 Å². The average Bonchev–Trinajstić information content (AvgIpc) is 2.49. The number of hydrogen-bond acceptors (Lipinski definition) is 2. The Balaban J connectivity index is 2.04.